The van der Waals surface area contributed by atoms with E-state index in [0.29, 0.717) is 23.4 Å². The molecule has 0 bridgehead atoms. The molecule has 4 N–H and O–H groups in total. The monoisotopic (exact) mass is 504 g/mol. The van der Waals surface area contributed by atoms with Gasteiger partial charge in [-0.25, -0.2) is 0 Å². The normalized spacial score (nSPS) is 11.9. The van der Waals surface area contributed by atoms with E-state index in [9.17, 15) is 19.7 Å². The van der Waals surface area contributed by atoms with E-state index >= 15 is 0 Å². The van der Waals surface area contributed by atoms with Gasteiger partial charge in [0.15, 0.2) is 5.75 Å². The molecule has 0 fully saturated rings. The van der Waals surface area contributed by atoms with Crippen molar-refractivity contribution in [3.05, 3.63) is 75.8 Å². The van der Waals surface area contributed by atoms with Crippen LogP contribution in [0.4, 0.5) is 22.7 Å². The zero-order valence-electron chi connectivity index (χ0n) is 20.4. The van der Waals surface area contributed by atoms with Gasteiger partial charge in [0.1, 0.15) is 0 Å². The van der Waals surface area contributed by atoms with Crippen molar-refractivity contribution in [2.75, 3.05) is 30.9 Å². The first-order chi connectivity index (χ1) is 17.9. The molecule has 37 heavy (non-hydrogen) atoms. The molecule has 0 aliphatic carbocycles. The van der Waals surface area contributed by atoms with Crippen molar-refractivity contribution >= 4 is 34.6 Å². The van der Waals surface area contributed by atoms with E-state index in [-0.39, 0.29) is 36.4 Å². The van der Waals surface area contributed by atoms with Crippen LogP contribution in [0, 0.1) is 10.1 Å². The van der Waals surface area contributed by atoms with Crippen LogP contribution in [0.1, 0.15) is 35.2 Å². The van der Waals surface area contributed by atoms with Crippen LogP contribution in [-0.4, -0.2) is 42.1 Å². The molecule has 1 aliphatic rings. The standard InChI is InChI=1S/C27H28N4O6/c1-37-25-16-19(8-11-24(25)31(35)36)18-7-9-20-22(15-18)29-21-10-6-17(14-23(21)30-27(20)34)4-2-3-5-26(33)28-12-13-32/h6-11,14-16,29,32H,2-5,12-13H2,1H3,(H,28,33)(H,30,34). The van der Waals surface area contributed by atoms with Gasteiger partial charge in [-0.1, -0.05) is 12.1 Å². The molecule has 0 radical (unpaired) electrons. The zero-order valence-corrected chi connectivity index (χ0v) is 20.4. The number of nitro benzene ring substituents is 1. The number of nitrogens with zero attached hydrogens (tertiary/aromatic N) is 1. The minimum Gasteiger partial charge on any atom is -0.490 e. The first-order valence-corrected chi connectivity index (χ1v) is 12.0. The quantitative estimate of drug-likeness (QED) is 0.182. The molecule has 0 aromatic heterocycles. The molecular formula is C27H28N4O6. The lowest BCUT2D eigenvalue weighted by Gasteiger charge is -2.12. The maximum Gasteiger partial charge on any atom is 0.310 e. The Balaban J connectivity index is 1.49. The molecule has 0 saturated carbocycles. The number of nitro groups is 1. The number of rotatable bonds is 10. The Kier molecular flexibility index (Phi) is 7.99. The van der Waals surface area contributed by atoms with Gasteiger partial charge in [0.05, 0.1) is 41.3 Å². The highest BCUT2D eigenvalue weighted by atomic mass is 16.6. The number of aliphatic hydroxyl groups is 1. The van der Waals surface area contributed by atoms with Gasteiger partial charge in [0, 0.05) is 19.0 Å². The largest absolute Gasteiger partial charge is 0.490 e. The first kappa shape index (κ1) is 25.6. The number of fused-ring (bicyclic) bond motifs is 2. The molecule has 3 aromatic rings. The number of benzene rings is 3. The summed E-state index contributed by atoms with van der Waals surface area (Å²) in [5, 5.41) is 28.9. The van der Waals surface area contributed by atoms with E-state index in [0.717, 1.165) is 41.6 Å². The highest BCUT2D eigenvalue weighted by Crippen LogP contribution is 2.37. The van der Waals surface area contributed by atoms with Crippen LogP contribution >= 0.6 is 0 Å². The predicted octanol–water partition coefficient (Wildman–Crippen LogP) is 4.40. The third-order valence-corrected chi connectivity index (χ3v) is 6.13. The molecular weight excluding hydrogens is 476 g/mol. The van der Waals surface area contributed by atoms with Crippen molar-refractivity contribution in [3.8, 4) is 16.9 Å². The molecule has 0 saturated heterocycles. The molecule has 10 heteroatoms. The maximum absolute atomic E-state index is 13.0. The summed E-state index contributed by atoms with van der Waals surface area (Å²) in [5.41, 5.74) is 4.93. The van der Waals surface area contributed by atoms with Crippen LogP contribution in [-0.2, 0) is 11.2 Å². The predicted molar refractivity (Wildman–Crippen MR) is 140 cm³/mol. The number of aryl methyl sites for hydroxylation is 1. The van der Waals surface area contributed by atoms with Gasteiger partial charge < -0.3 is 25.8 Å². The minimum atomic E-state index is -0.493. The summed E-state index contributed by atoms with van der Waals surface area (Å²) in [7, 11) is 1.39. The van der Waals surface area contributed by atoms with Gasteiger partial charge in [-0.05, 0) is 72.4 Å². The van der Waals surface area contributed by atoms with E-state index in [1.165, 1.54) is 13.2 Å². The SMILES string of the molecule is COc1cc(-c2ccc3c(c2)Nc2ccc(CCCCC(=O)NCCO)cc2NC3=O)ccc1[N+](=O)[O-]. The Morgan fingerprint density at radius 3 is 2.54 bits per heavy atom. The summed E-state index contributed by atoms with van der Waals surface area (Å²) in [4.78, 5) is 35.3. The van der Waals surface area contributed by atoms with Crippen molar-refractivity contribution in [2.45, 2.75) is 25.7 Å². The molecule has 192 valence electrons. The number of unbranched alkanes of at least 4 members (excludes halogenated alkanes) is 1. The average Bonchev–Trinajstić information content (AvgIpc) is 3.04. The maximum atomic E-state index is 13.0. The van der Waals surface area contributed by atoms with Crippen molar-refractivity contribution in [1.29, 1.82) is 0 Å². The van der Waals surface area contributed by atoms with E-state index < -0.39 is 4.92 Å². The number of amides is 2. The number of hydrogen-bond donors (Lipinski definition) is 4. The third-order valence-electron chi connectivity index (χ3n) is 6.13. The minimum absolute atomic E-state index is 0.0718. The molecule has 3 aromatic carbocycles. The number of aliphatic hydroxyl groups excluding tert-OH is 1. The lowest BCUT2D eigenvalue weighted by molar-refractivity contribution is -0.385. The van der Waals surface area contributed by atoms with Crippen LogP contribution in [0.2, 0.25) is 0 Å². The second-order valence-electron chi connectivity index (χ2n) is 8.64. The van der Waals surface area contributed by atoms with Crippen LogP contribution in [0.3, 0.4) is 0 Å². The summed E-state index contributed by atoms with van der Waals surface area (Å²) in [5.74, 6) is -0.157. The van der Waals surface area contributed by atoms with Gasteiger partial charge in [0.25, 0.3) is 5.91 Å². The first-order valence-electron chi connectivity index (χ1n) is 12.0. The van der Waals surface area contributed by atoms with E-state index in [1.54, 1.807) is 24.3 Å². The summed E-state index contributed by atoms with van der Waals surface area (Å²) in [6, 6.07) is 15.8. The fourth-order valence-electron chi connectivity index (χ4n) is 4.23. The lowest BCUT2D eigenvalue weighted by atomic mass is 10.0. The fraction of sp³-hybridized carbons (Fsp3) is 0.259. The Bertz CT molecular complexity index is 1340. The van der Waals surface area contributed by atoms with E-state index in [1.807, 2.05) is 24.3 Å². The van der Waals surface area contributed by atoms with E-state index in [2.05, 4.69) is 16.0 Å². The molecule has 1 aliphatic heterocycles. The van der Waals surface area contributed by atoms with Crippen molar-refractivity contribution < 1.29 is 24.4 Å². The zero-order chi connectivity index (χ0) is 26.4. The third kappa shape index (κ3) is 6.04. The van der Waals surface area contributed by atoms with Crippen LogP contribution in [0.25, 0.3) is 11.1 Å². The molecule has 0 spiro atoms. The van der Waals surface area contributed by atoms with Crippen molar-refractivity contribution in [2.24, 2.45) is 0 Å². The lowest BCUT2D eigenvalue weighted by Crippen LogP contribution is -2.25. The van der Waals surface area contributed by atoms with Crippen molar-refractivity contribution in [1.82, 2.24) is 5.32 Å². The highest BCUT2D eigenvalue weighted by molar-refractivity contribution is 6.12. The number of carbonyl (C=O) groups is 2. The fourth-order valence-corrected chi connectivity index (χ4v) is 4.23. The van der Waals surface area contributed by atoms with Crippen molar-refractivity contribution in [3.63, 3.8) is 0 Å². The Morgan fingerprint density at radius 2 is 1.78 bits per heavy atom. The van der Waals surface area contributed by atoms with Crippen LogP contribution < -0.4 is 20.7 Å². The smallest absolute Gasteiger partial charge is 0.310 e. The topological polar surface area (TPSA) is 143 Å². The second kappa shape index (κ2) is 11.5. The summed E-state index contributed by atoms with van der Waals surface area (Å²) >= 11 is 0. The number of ether oxygens (including phenoxy) is 1. The number of methoxy groups -OCH3 is 1. The molecule has 10 nitrogen and oxygen atoms in total. The molecule has 4 rings (SSSR count). The molecule has 0 unspecified atom stereocenters. The average molecular weight is 505 g/mol. The molecule has 2 amide bonds. The van der Waals surface area contributed by atoms with Crippen LogP contribution in [0.15, 0.2) is 54.6 Å². The number of anilines is 3. The summed E-state index contributed by atoms with van der Waals surface area (Å²) in [6.45, 7) is 0.194. The number of hydrogen-bond acceptors (Lipinski definition) is 7. The molecule has 1 heterocycles. The van der Waals surface area contributed by atoms with E-state index in [4.69, 9.17) is 9.84 Å². The molecule has 0 atom stereocenters. The summed E-state index contributed by atoms with van der Waals surface area (Å²) in [6.07, 6.45) is 2.70. The van der Waals surface area contributed by atoms with Gasteiger partial charge in [-0.15, -0.1) is 0 Å². The van der Waals surface area contributed by atoms with Gasteiger partial charge in [-0.2, -0.15) is 0 Å². The Labute approximate surface area is 213 Å². The second-order valence-corrected chi connectivity index (χ2v) is 8.64. The number of nitrogens with one attached hydrogen (secondary N) is 3. The number of carbonyl (C=O) groups excluding carboxylic acids is 2. The van der Waals surface area contributed by atoms with Gasteiger partial charge in [0.2, 0.25) is 5.91 Å². The van der Waals surface area contributed by atoms with Gasteiger partial charge >= 0.3 is 5.69 Å². The Morgan fingerprint density at radius 1 is 1.00 bits per heavy atom. The summed E-state index contributed by atoms with van der Waals surface area (Å²) < 4.78 is 5.19. The van der Waals surface area contributed by atoms with Crippen LogP contribution in [0.5, 0.6) is 5.75 Å². The Hall–Kier alpha value is -4.44. The highest BCUT2D eigenvalue weighted by Gasteiger charge is 2.21. The van der Waals surface area contributed by atoms with Gasteiger partial charge in [-0.3, -0.25) is 19.7 Å².